The Morgan fingerprint density at radius 3 is 2.95 bits per heavy atom. The molecule has 4 N–H and O–H groups in total. The zero-order chi connectivity index (χ0) is 14.9. The minimum absolute atomic E-state index is 0.0396. The van der Waals surface area contributed by atoms with Crippen LogP contribution in [0.25, 0.3) is 0 Å². The Bertz CT molecular complexity index is 516. The Morgan fingerprint density at radius 1 is 1.52 bits per heavy atom. The summed E-state index contributed by atoms with van der Waals surface area (Å²) in [5, 5.41) is 16.6. The van der Waals surface area contributed by atoms with E-state index in [0.717, 1.165) is 49.8 Å². The number of fused-ring (bicyclic) bond motifs is 1. The summed E-state index contributed by atoms with van der Waals surface area (Å²) in [6.45, 7) is 1.03. The molecule has 116 valence electrons. The SMILES string of the molecule is NCC1(C(=O)NC2CCCc3c2cnn3CCO)CCC1. The minimum Gasteiger partial charge on any atom is -0.394 e. The molecule has 21 heavy (non-hydrogen) atoms. The molecule has 3 rings (SSSR count). The highest BCUT2D eigenvalue weighted by Crippen LogP contribution is 2.41. The lowest BCUT2D eigenvalue weighted by atomic mass is 9.68. The number of hydrogen-bond donors (Lipinski definition) is 3. The molecule has 1 fully saturated rings. The fourth-order valence-corrected chi connectivity index (χ4v) is 3.49. The standard InChI is InChI=1S/C15H24N4O2/c16-10-15(5-2-6-15)14(21)18-12-3-1-4-13-11(12)9-17-19(13)7-8-20/h9,12,20H,1-8,10,16H2,(H,18,21). The first kappa shape index (κ1) is 14.5. The van der Waals surface area contributed by atoms with Gasteiger partial charge in [0.1, 0.15) is 0 Å². The number of amides is 1. The number of nitrogens with zero attached hydrogens (tertiary/aromatic N) is 2. The van der Waals surface area contributed by atoms with Gasteiger partial charge >= 0.3 is 0 Å². The molecule has 1 amide bonds. The van der Waals surface area contributed by atoms with Gasteiger partial charge < -0.3 is 16.2 Å². The first-order valence-corrected chi connectivity index (χ1v) is 7.87. The third kappa shape index (κ3) is 2.46. The molecule has 1 saturated carbocycles. The predicted molar refractivity (Wildman–Crippen MR) is 78.5 cm³/mol. The number of hydrogen-bond acceptors (Lipinski definition) is 4. The van der Waals surface area contributed by atoms with Gasteiger partial charge in [0.05, 0.1) is 30.8 Å². The zero-order valence-corrected chi connectivity index (χ0v) is 12.3. The maximum absolute atomic E-state index is 12.5. The highest BCUT2D eigenvalue weighted by atomic mass is 16.3. The number of aliphatic hydroxyl groups excluding tert-OH is 1. The number of aliphatic hydroxyl groups is 1. The van der Waals surface area contributed by atoms with Crippen LogP contribution >= 0.6 is 0 Å². The lowest BCUT2D eigenvalue weighted by Gasteiger charge is -2.40. The largest absolute Gasteiger partial charge is 0.394 e. The van der Waals surface area contributed by atoms with Gasteiger partial charge in [-0.2, -0.15) is 5.10 Å². The van der Waals surface area contributed by atoms with Crippen molar-refractivity contribution in [3.8, 4) is 0 Å². The van der Waals surface area contributed by atoms with E-state index in [4.69, 9.17) is 10.8 Å². The summed E-state index contributed by atoms with van der Waals surface area (Å²) in [6.07, 6.45) is 7.68. The van der Waals surface area contributed by atoms with E-state index in [1.807, 2.05) is 10.9 Å². The van der Waals surface area contributed by atoms with Crippen molar-refractivity contribution in [2.24, 2.45) is 11.1 Å². The normalized spacial score (nSPS) is 23.2. The number of nitrogens with two attached hydrogens (primary N) is 1. The van der Waals surface area contributed by atoms with Crippen LogP contribution in [0.15, 0.2) is 6.20 Å². The molecule has 1 heterocycles. The van der Waals surface area contributed by atoms with Crippen LogP contribution < -0.4 is 11.1 Å². The Kier molecular flexibility index (Phi) is 3.99. The van der Waals surface area contributed by atoms with E-state index >= 15 is 0 Å². The number of rotatable bonds is 5. The fraction of sp³-hybridized carbons (Fsp3) is 0.733. The van der Waals surface area contributed by atoms with Gasteiger partial charge in [0.15, 0.2) is 0 Å². The number of carbonyl (C=O) groups excluding carboxylic acids is 1. The van der Waals surface area contributed by atoms with Crippen LogP contribution in [0.1, 0.15) is 49.4 Å². The van der Waals surface area contributed by atoms with Crippen molar-refractivity contribution in [2.75, 3.05) is 13.2 Å². The maximum atomic E-state index is 12.5. The molecule has 1 unspecified atom stereocenters. The van der Waals surface area contributed by atoms with Gasteiger partial charge in [0.25, 0.3) is 0 Å². The summed E-state index contributed by atoms with van der Waals surface area (Å²) in [4.78, 5) is 12.5. The van der Waals surface area contributed by atoms with Crippen LogP contribution in [0, 0.1) is 5.41 Å². The van der Waals surface area contributed by atoms with Crippen molar-refractivity contribution < 1.29 is 9.90 Å². The average molecular weight is 292 g/mol. The molecule has 0 aliphatic heterocycles. The molecule has 0 spiro atoms. The third-order valence-corrected chi connectivity index (χ3v) is 5.06. The quantitative estimate of drug-likeness (QED) is 0.736. The van der Waals surface area contributed by atoms with Crippen LogP contribution in [0.2, 0.25) is 0 Å². The van der Waals surface area contributed by atoms with E-state index in [9.17, 15) is 4.79 Å². The molecule has 6 heteroatoms. The summed E-state index contributed by atoms with van der Waals surface area (Å²) in [5.41, 5.74) is 7.73. The van der Waals surface area contributed by atoms with E-state index < -0.39 is 0 Å². The molecular formula is C15H24N4O2. The number of nitrogens with one attached hydrogen (secondary N) is 1. The van der Waals surface area contributed by atoms with Crippen LogP contribution in [0.5, 0.6) is 0 Å². The molecule has 0 aromatic carbocycles. The molecule has 1 aromatic heterocycles. The second kappa shape index (κ2) is 5.77. The minimum atomic E-state index is -0.335. The van der Waals surface area contributed by atoms with Crippen molar-refractivity contribution in [1.29, 1.82) is 0 Å². The topological polar surface area (TPSA) is 93.2 Å². The smallest absolute Gasteiger partial charge is 0.227 e. The van der Waals surface area contributed by atoms with E-state index in [2.05, 4.69) is 10.4 Å². The van der Waals surface area contributed by atoms with E-state index in [0.29, 0.717) is 13.1 Å². The molecule has 0 bridgehead atoms. The van der Waals surface area contributed by atoms with Crippen molar-refractivity contribution in [1.82, 2.24) is 15.1 Å². The van der Waals surface area contributed by atoms with Crippen molar-refractivity contribution in [2.45, 2.75) is 51.1 Å². The first-order chi connectivity index (χ1) is 10.2. The van der Waals surface area contributed by atoms with Crippen LogP contribution in [-0.4, -0.2) is 33.9 Å². The Labute approximate surface area is 124 Å². The second-order valence-electron chi connectivity index (χ2n) is 6.25. The highest BCUT2D eigenvalue weighted by Gasteiger charge is 2.43. The summed E-state index contributed by atoms with van der Waals surface area (Å²) in [7, 11) is 0. The van der Waals surface area contributed by atoms with Gasteiger partial charge in [0.2, 0.25) is 5.91 Å². The maximum Gasteiger partial charge on any atom is 0.227 e. The predicted octanol–water partition coefficient (Wildman–Crippen LogP) is 0.498. The molecule has 0 radical (unpaired) electrons. The van der Waals surface area contributed by atoms with Crippen molar-refractivity contribution in [3.05, 3.63) is 17.5 Å². The average Bonchev–Trinajstić information content (AvgIpc) is 2.83. The summed E-state index contributed by atoms with van der Waals surface area (Å²) >= 11 is 0. The van der Waals surface area contributed by atoms with Crippen molar-refractivity contribution >= 4 is 5.91 Å². The summed E-state index contributed by atoms with van der Waals surface area (Å²) in [6, 6.07) is 0.0396. The van der Waals surface area contributed by atoms with Crippen LogP contribution in [0.3, 0.4) is 0 Å². The molecule has 6 nitrogen and oxygen atoms in total. The fourth-order valence-electron chi connectivity index (χ4n) is 3.49. The number of carbonyl (C=O) groups is 1. The molecule has 1 aromatic rings. The van der Waals surface area contributed by atoms with E-state index in [1.165, 1.54) is 0 Å². The first-order valence-electron chi connectivity index (χ1n) is 7.87. The van der Waals surface area contributed by atoms with Gasteiger partial charge in [-0.25, -0.2) is 0 Å². The van der Waals surface area contributed by atoms with Gasteiger partial charge in [-0.15, -0.1) is 0 Å². The van der Waals surface area contributed by atoms with Gasteiger partial charge in [-0.05, 0) is 32.1 Å². The van der Waals surface area contributed by atoms with Crippen LogP contribution in [-0.2, 0) is 17.8 Å². The van der Waals surface area contributed by atoms with Gasteiger partial charge in [0, 0.05) is 17.8 Å². The van der Waals surface area contributed by atoms with E-state index in [1.54, 1.807) is 0 Å². The Balaban J connectivity index is 1.75. The second-order valence-corrected chi connectivity index (χ2v) is 6.25. The zero-order valence-electron chi connectivity index (χ0n) is 12.3. The summed E-state index contributed by atoms with van der Waals surface area (Å²) < 4.78 is 1.86. The number of aromatic nitrogens is 2. The van der Waals surface area contributed by atoms with Gasteiger partial charge in [-0.1, -0.05) is 6.42 Å². The molecule has 2 aliphatic rings. The summed E-state index contributed by atoms with van der Waals surface area (Å²) in [5.74, 6) is 0.101. The molecule has 2 aliphatic carbocycles. The third-order valence-electron chi connectivity index (χ3n) is 5.06. The Hall–Kier alpha value is -1.40. The highest BCUT2D eigenvalue weighted by molar-refractivity contribution is 5.84. The van der Waals surface area contributed by atoms with Crippen molar-refractivity contribution in [3.63, 3.8) is 0 Å². The van der Waals surface area contributed by atoms with Gasteiger partial charge in [-0.3, -0.25) is 9.48 Å². The monoisotopic (exact) mass is 292 g/mol. The molecule has 0 saturated heterocycles. The lowest BCUT2D eigenvalue weighted by molar-refractivity contribution is -0.136. The van der Waals surface area contributed by atoms with E-state index in [-0.39, 0.29) is 24.0 Å². The Morgan fingerprint density at radius 2 is 2.33 bits per heavy atom. The molecular weight excluding hydrogens is 268 g/mol. The molecule has 1 atom stereocenters. The lowest BCUT2D eigenvalue weighted by Crippen LogP contribution is -2.51. The van der Waals surface area contributed by atoms with Crippen LogP contribution in [0.4, 0.5) is 0 Å².